The predicted octanol–water partition coefficient (Wildman–Crippen LogP) is 3.72. The number of nitrogens with zero attached hydrogens (tertiary/aromatic N) is 7. The van der Waals surface area contributed by atoms with E-state index in [0.717, 1.165) is 6.07 Å². The Bertz CT molecular complexity index is 1670. The molecular formula is C28H31F3N8O3. The number of hydrogen-bond acceptors (Lipinski definition) is 8. The third kappa shape index (κ3) is 5.84. The highest BCUT2D eigenvalue weighted by atomic mass is 19.4. The second-order valence-electron chi connectivity index (χ2n) is 10.6. The fraction of sp³-hybridized carbons (Fsp3) is 0.429. The van der Waals surface area contributed by atoms with Gasteiger partial charge in [-0.1, -0.05) is 0 Å². The molecule has 1 N–H and O–H groups in total. The number of rotatable bonds is 6. The molecule has 3 unspecified atom stereocenters. The van der Waals surface area contributed by atoms with Crippen LogP contribution in [0, 0.1) is 6.92 Å². The Morgan fingerprint density at radius 2 is 1.81 bits per heavy atom. The lowest BCUT2D eigenvalue weighted by molar-refractivity contribution is -0.138. The summed E-state index contributed by atoms with van der Waals surface area (Å²) in [5.41, 5.74) is -0.568. The van der Waals surface area contributed by atoms with Crippen molar-refractivity contribution in [3.63, 3.8) is 0 Å². The Morgan fingerprint density at radius 3 is 2.40 bits per heavy atom. The van der Waals surface area contributed by atoms with Crippen molar-refractivity contribution < 1.29 is 22.7 Å². The summed E-state index contributed by atoms with van der Waals surface area (Å²) in [5.74, 6) is 0.489. The molecule has 3 heterocycles. The highest BCUT2D eigenvalue weighted by molar-refractivity contribution is 5.94. The Hall–Kier alpha value is -4.33. The van der Waals surface area contributed by atoms with Crippen molar-refractivity contribution in [2.24, 2.45) is 7.05 Å². The van der Waals surface area contributed by atoms with Crippen LogP contribution in [-0.4, -0.2) is 65.9 Å². The van der Waals surface area contributed by atoms with Crippen molar-refractivity contribution >= 4 is 22.5 Å². The van der Waals surface area contributed by atoms with Crippen LogP contribution in [0.2, 0.25) is 0 Å². The predicted molar refractivity (Wildman–Crippen MR) is 148 cm³/mol. The van der Waals surface area contributed by atoms with Gasteiger partial charge in [-0.2, -0.15) is 13.2 Å². The molecular weight excluding hydrogens is 553 g/mol. The molecule has 1 saturated heterocycles. The van der Waals surface area contributed by atoms with Gasteiger partial charge < -0.3 is 15.0 Å². The summed E-state index contributed by atoms with van der Waals surface area (Å²) in [6.07, 6.45) is -4.83. The lowest BCUT2D eigenvalue weighted by Gasteiger charge is -2.35. The van der Waals surface area contributed by atoms with Crippen LogP contribution in [0.15, 0.2) is 41.2 Å². The van der Waals surface area contributed by atoms with Crippen molar-refractivity contribution in [2.75, 3.05) is 18.4 Å². The first-order chi connectivity index (χ1) is 19.8. The SMILES string of the molecule is Cc1nc2cc(C(F)(F)F)c(C(C)Nc3ccc(C(=O)N4CC(C)OC(C)C4)cc3)cc2c(=O)n1Cc1nnnn1C. The average Bonchev–Trinajstić information content (AvgIpc) is 3.33. The van der Waals surface area contributed by atoms with Gasteiger partial charge in [0.1, 0.15) is 5.82 Å². The molecule has 0 saturated carbocycles. The minimum atomic E-state index is -4.68. The van der Waals surface area contributed by atoms with E-state index in [1.54, 1.807) is 50.1 Å². The number of benzene rings is 2. The van der Waals surface area contributed by atoms with E-state index >= 15 is 0 Å². The minimum absolute atomic E-state index is 0.00854. The number of ether oxygens (including phenoxy) is 1. The maximum atomic E-state index is 14.2. The highest BCUT2D eigenvalue weighted by Crippen LogP contribution is 2.37. The first-order valence-corrected chi connectivity index (χ1v) is 13.5. The van der Waals surface area contributed by atoms with Crippen LogP contribution >= 0.6 is 0 Å². The van der Waals surface area contributed by atoms with E-state index in [-0.39, 0.29) is 47.0 Å². The zero-order valence-corrected chi connectivity index (χ0v) is 23.8. The molecule has 3 atom stereocenters. The number of carbonyl (C=O) groups is 1. The average molecular weight is 585 g/mol. The summed E-state index contributed by atoms with van der Waals surface area (Å²) in [6, 6.07) is 7.90. The molecule has 1 aliphatic heterocycles. The van der Waals surface area contributed by atoms with Gasteiger partial charge in [0.25, 0.3) is 11.5 Å². The van der Waals surface area contributed by atoms with Gasteiger partial charge in [-0.05, 0) is 80.1 Å². The topological polar surface area (TPSA) is 120 Å². The number of amides is 1. The van der Waals surface area contributed by atoms with Crippen molar-refractivity contribution in [2.45, 2.75) is 58.7 Å². The zero-order chi connectivity index (χ0) is 30.3. The Balaban J connectivity index is 1.45. The molecule has 0 radical (unpaired) electrons. The Kier molecular flexibility index (Phi) is 7.75. The molecule has 2 aromatic heterocycles. The molecule has 1 amide bonds. The standard InChI is InChI=1S/C28H31F3N8O3/c1-15-12-38(13-16(2)42-15)26(40)19-6-8-20(9-7-19)32-17(3)21-10-22-24(11-23(21)28(29,30)31)33-18(4)39(27(22)41)14-25-34-35-36-37(25)5/h6-11,15-17,32H,12-14H2,1-5H3. The summed E-state index contributed by atoms with van der Waals surface area (Å²) >= 11 is 0. The molecule has 14 heteroatoms. The molecule has 0 bridgehead atoms. The van der Waals surface area contributed by atoms with Gasteiger partial charge in [0.15, 0.2) is 5.82 Å². The molecule has 1 fully saturated rings. The fourth-order valence-corrected chi connectivity index (χ4v) is 5.27. The monoisotopic (exact) mass is 584 g/mol. The number of morpholine rings is 1. The van der Waals surface area contributed by atoms with E-state index in [9.17, 15) is 22.8 Å². The molecule has 2 aromatic carbocycles. The summed E-state index contributed by atoms with van der Waals surface area (Å²) in [7, 11) is 1.62. The molecule has 42 heavy (non-hydrogen) atoms. The van der Waals surface area contributed by atoms with E-state index in [1.807, 2.05) is 13.8 Å². The van der Waals surface area contributed by atoms with Crippen molar-refractivity contribution in [1.82, 2.24) is 34.7 Å². The number of aromatic nitrogens is 6. The first kappa shape index (κ1) is 29.2. The number of fused-ring (bicyclic) bond motifs is 1. The van der Waals surface area contributed by atoms with E-state index in [4.69, 9.17) is 4.74 Å². The van der Waals surface area contributed by atoms with Gasteiger partial charge in [0.2, 0.25) is 0 Å². The van der Waals surface area contributed by atoms with Crippen molar-refractivity contribution in [3.8, 4) is 0 Å². The second kappa shape index (κ2) is 11.2. The quantitative estimate of drug-likeness (QED) is 0.364. The van der Waals surface area contributed by atoms with E-state index in [1.165, 1.54) is 15.3 Å². The van der Waals surface area contributed by atoms with Crippen LogP contribution in [0.5, 0.6) is 0 Å². The molecule has 4 aromatic rings. The van der Waals surface area contributed by atoms with Gasteiger partial charge in [-0.15, -0.1) is 5.10 Å². The van der Waals surface area contributed by atoms with Crippen LogP contribution in [0.1, 0.15) is 59.9 Å². The number of aryl methyl sites for hydroxylation is 2. The number of hydrogen-bond donors (Lipinski definition) is 1. The van der Waals surface area contributed by atoms with E-state index < -0.39 is 23.3 Å². The van der Waals surface area contributed by atoms with Gasteiger partial charge in [0, 0.05) is 37.4 Å². The fourth-order valence-electron chi connectivity index (χ4n) is 5.27. The number of carbonyl (C=O) groups excluding carboxylic acids is 1. The minimum Gasteiger partial charge on any atom is -0.379 e. The summed E-state index contributed by atoms with van der Waals surface area (Å²) in [6.45, 7) is 7.92. The number of tetrazole rings is 1. The number of anilines is 1. The largest absolute Gasteiger partial charge is 0.416 e. The maximum Gasteiger partial charge on any atom is 0.416 e. The smallest absolute Gasteiger partial charge is 0.379 e. The van der Waals surface area contributed by atoms with Gasteiger partial charge in [-0.25, -0.2) is 9.67 Å². The summed E-state index contributed by atoms with van der Waals surface area (Å²) < 4.78 is 51.1. The second-order valence-corrected chi connectivity index (χ2v) is 10.6. The van der Waals surface area contributed by atoms with Crippen LogP contribution in [0.25, 0.3) is 10.9 Å². The molecule has 0 aliphatic carbocycles. The third-order valence-corrected chi connectivity index (χ3v) is 7.32. The van der Waals surface area contributed by atoms with Crippen molar-refractivity contribution in [1.29, 1.82) is 0 Å². The zero-order valence-electron chi connectivity index (χ0n) is 23.8. The van der Waals surface area contributed by atoms with E-state index in [2.05, 4.69) is 25.8 Å². The molecule has 0 spiro atoms. The lowest BCUT2D eigenvalue weighted by Crippen LogP contribution is -2.48. The molecule has 11 nitrogen and oxygen atoms in total. The van der Waals surface area contributed by atoms with Crippen LogP contribution in [-0.2, 0) is 24.5 Å². The van der Waals surface area contributed by atoms with Gasteiger partial charge in [-0.3, -0.25) is 14.2 Å². The number of nitrogens with one attached hydrogen (secondary N) is 1. The Labute approximate surface area is 239 Å². The van der Waals surface area contributed by atoms with Crippen LogP contribution in [0.4, 0.5) is 18.9 Å². The summed E-state index contributed by atoms with van der Waals surface area (Å²) in [5, 5.41) is 14.3. The van der Waals surface area contributed by atoms with Crippen LogP contribution < -0.4 is 10.9 Å². The van der Waals surface area contributed by atoms with Gasteiger partial charge in [0.05, 0.1) is 35.2 Å². The normalized spacial score (nSPS) is 18.3. The highest BCUT2D eigenvalue weighted by Gasteiger charge is 2.36. The summed E-state index contributed by atoms with van der Waals surface area (Å²) in [4.78, 5) is 32.5. The van der Waals surface area contributed by atoms with E-state index in [0.29, 0.717) is 30.2 Å². The van der Waals surface area contributed by atoms with Gasteiger partial charge >= 0.3 is 6.18 Å². The third-order valence-electron chi connectivity index (χ3n) is 7.32. The maximum absolute atomic E-state index is 14.2. The first-order valence-electron chi connectivity index (χ1n) is 13.5. The van der Waals surface area contributed by atoms with Crippen molar-refractivity contribution in [3.05, 3.63) is 75.1 Å². The molecule has 222 valence electrons. The lowest BCUT2D eigenvalue weighted by atomic mass is 9.98. The van der Waals surface area contributed by atoms with Crippen LogP contribution in [0.3, 0.4) is 0 Å². The Morgan fingerprint density at radius 1 is 1.14 bits per heavy atom. The number of halogens is 3. The number of alkyl halides is 3. The molecule has 5 rings (SSSR count). The molecule has 1 aliphatic rings.